The van der Waals surface area contributed by atoms with Gasteiger partial charge in [0, 0.05) is 22.6 Å². The third-order valence-electron chi connectivity index (χ3n) is 2.46. The van der Waals surface area contributed by atoms with Crippen LogP contribution in [0.3, 0.4) is 0 Å². The summed E-state index contributed by atoms with van der Waals surface area (Å²) < 4.78 is 14.0. The molecule has 1 N–H and O–H groups in total. The quantitative estimate of drug-likeness (QED) is 0.922. The number of benzene rings is 1. The fourth-order valence-corrected chi connectivity index (χ4v) is 2.04. The van der Waals surface area contributed by atoms with E-state index >= 15 is 0 Å². The maximum Gasteiger partial charge on any atom is 0.259 e. The Morgan fingerprint density at radius 1 is 1.39 bits per heavy atom. The van der Waals surface area contributed by atoms with Crippen molar-refractivity contribution in [1.29, 1.82) is 0 Å². The van der Waals surface area contributed by atoms with E-state index in [1.54, 1.807) is 24.5 Å². The van der Waals surface area contributed by atoms with E-state index in [-0.39, 0.29) is 5.56 Å². The molecule has 1 aromatic heterocycles. The number of anilines is 1. The minimum atomic E-state index is -0.561. The van der Waals surface area contributed by atoms with Crippen LogP contribution in [0.5, 0.6) is 0 Å². The lowest BCUT2D eigenvalue weighted by atomic mass is 10.2. The Bertz CT molecular complexity index is 581. The summed E-state index contributed by atoms with van der Waals surface area (Å²) in [5.74, 6) is -1.05. The predicted octanol–water partition coefficient (Wildman–Crippen LogP) is 3.54. The molecule has 0 unspecified atom stereocenters. The number of aromatic nitrogens is 1. The molecule has 0 aliphatic heterocycles. The molecule has 0 fully saturated rings. The molecule has 1 amide bonds. The summed E-state index contributed by atoms with van der Waals surface area (Å²) in [5.41, 5.74) is 1.43. The number of aryl methyl sites for hydroxylation is 1. The highest BCUT2D eigenvalue weighted by Crippen LogP contribution is 2.21. The Balaban J connectivity index is 2.31. The summed E-state index contributed by atoms with van der Waals surface area (Å²) in [6, 6.07) is 6.08. The lowest BCUT2D eigenvalue weighted by Gasteiger charge is -2.09. The van der Waals surface area contributed by atoms with Crippen molar-refractivity contribution in [3.05, 3.63) is 58.1 Å². The monoisotopic (exact) mass is 308 g/mol. The minimum Gasteiger partial charge on any atom is -0.322 e. The van der Waals surface area contributed by atoms with E-state index in [0.29, 0.717) is 10.2 Å². The molecule has 0 spiro atoms. The Kier molecular flexibility index (Phi) is 3.72. The number of carbonyl (C=O) groups is 1. The Hall–Kier alpha value is -1.75. The van der Waals surface area contributed by atoms with Crippen LogP contribution in [-0.4, -0.2) is 10.9 Å². The maximum absolute atomic E-state index is 13.6. The first-order chi connectivity index (χ1) is 8.59. The third kappa shape index (κ3) is 2.56. The molecule has 18 heavy (non-hydrogen) atoms. The van der Waals surface area contributed by atoms with Crippen molar-refractivity contribution in [2.75, 3.05) is 5.32 Å². The lowest BCUT2D eigenvalue weighted by molar-refractivity contribution is 0.102. The van der Waals surface area contributed by atoms with Gasteiger partial charge in [-0.3, -0.25) is 9.78 Å². The molecule has 0 saturated heterocycles. The maximum atomic E-state index is 13.6. The van der Waals surface area contributed by atoms with Gasteiger partial charge in [0.25, 0.3) is 5.91 Å². The first kappa shape index (κ1) is 12.7. The zero-order chi connectivity index (χ0) is 13.1. The SMILES string of the molecule is Cc1cnccc1NC(=O)c1c(F)cccc1Br. The Labute approximate surface area is 112 Å². The largest absolute Gasteiger partial charge is 0.322 e. The Morgan fingerprint density at radius 3 is 2.83 bits per heavy atom. The van der Waals surface area contributed by atoms with Gasteiger partial charge >= 0.3 is 0 Å². The molecule has 0 aliphatic carbocycles. The summed E-state index contributed by atoms with van der Waals surface area (Å²) >= 11 is 3.17. The highest BCUT2D eigenvalue weighted by atomic mass is 79.9. The van der Waals surface area contributed by atoms with E-state index in [1.807, 2.05) is 6.92 Å². The van der Waals surface area contributed by atoms with Gasteiger partial charge in [-0.1, -0.05) is 6.07 Å². The van der Waals surface area contributed by atoms with Crippen LogP contribution in [0.25, 0.3) is 0 Å². The molecule has 1 aromatic carbocycles. The zero-order valence-electron chi connectivity index (χ0n) is 9.58. The van der Waals surface area contributed by atoms with Crippen molar-refractivity contribution in [3.8, 4) is 0 Å². The summed E-state index contributed by atoms with van der Waals surface area (Å²) in [7, 11) is 0. The van der Waals surface area contributed by atoms with Crippen LogP contribution in [-0.2, 0) is 0 Å². The first-order valence-corrected chi connectivity index (χ1v) is 6.05. The number of carbonyl (C=O) groups excluding carboxylic acids is 1. The fraction of sp³-hybridized carbons (Fsp3) is 0.0769. The van der Waals surface area contributed by atoms with Gasteiger partial charge in [0.15, 0.2) is 0 Å². The van der Waals surface area contributed by atoms with Crippen molar-refractivity contribution in [2.24, 2.45) is 0 Å². The number of amides is 1. The van der Waals surface area contributed by atoms with E-state index in [9.17, 15) is 9.18 Å². The lowest BCUT2D eigenvalue weighted by Crippen LogP contribution is -2.15. The topological polar surface area (TPSA) is 42.0 Å². The second kappa shape index (κ2) is 5.27. The van der Waals surface area contributed by atoms with Gasteiger partial charge in [0.1, 0.15) is 5.82 Å². The molecule has 0 saturated carbocycles. The van der Waals surface area contributed by atoms with Crippen molar-refractivity contribution in [3.63, 3.8) is 0 Å². The third-order valence-corrected chi connectivity index (χ3v) is 3.12. The molecular weight excluding hydrogens is 299 g/mol. The van der Waals surface area contributed by atoms with Crippen LogP contribution >= 0.6 is 15.9 Å². The smallest absolute Gasteiger partial charge is 0.259 e. The number of nitrogens with zero attached hydrogens (tertiary/aromatic N) is 1. The average Bonchev–Trinajstić information content (AvgIpc) is 2.32. The van der Waals surface area contributed by atoms with Gasteiger partial charge in [0.05, 0.1) is 5.56 Å². The number of halogens is 2. The van der Waals surface area contributed by atoms with E-state index < -0.39 is 11.7 Å². The fourth-order valence-electron chi connectivity index (χ4n) is 1.51. The van der Waals surface area contributed by atoms with Gasteiger partial charge in [-0.05, 0) is 46.6 Å². The summed E-state index contributed by atoms with van der Waals surface area (Å²) in [6.07, 6.45) is 3.20. The van der Waals surface area contributed by atoms with Crippen LogP contribution < -0.4 is 5.32 Å². The molecule has 92 valence electrons. The molecule has 3 nitrogen and oxygen atoms in total. The molecule has 2 aromatic rings. The van der Waals surface area contributed by atoms with Crippen LogP contribution in [0.1, 0.15) is 15.9 Å². The van der Waals surface area contributed by atoms with Gasteiger partial charge in [0.2, 0.25) is 0 Å². The van der Waals surface area contributed by atoms with Crippen molar-refractivity contribution in [2.45, 2.75) is 6.92 Å². The van der Waals surface area contributed by atoms with Gasteiger partial charge in [-0.2, -0.15) is 0 Å². The average molecular weight is 309 g/mol. The van der Waals surface area contributed by atoms with Crippen LogP contribution in [0.2, 0.25) is 0 Å². The standard InChI is InChI=1S/C13H10BrFN2O/c1-8-7-16-6-5-11(8)17-13(18)12-9(14)3-2-4-10(12)15/h2-7H,1H3,(H,16,17,18). The molecule has 5 heteroatoms. The van der Waals surface area contributed by atoms with E-state index in [0.717, 1.165) is 5.56 Å². The summed E-state index contributed by atoms with van der Waals surface area (Å²) in [4.78, 5) is 15.9. The highest BCUT2D eigenvalue weighted by Gasteiger charge is 2.15. The molecule has 0 bridgehead atoms. The van der Waals surface area contributed by atoms with E-state index in [1.165, 1.54) is 12.1 Å². The van der Waals surface area contributed by atoms with Crippen molar-refractivity contribution in [1.82, 2.24) is 4.98 Å². The van der Waals surface area contributed by atoms with Gasteiger partial charge < -0.3 is 5.32 Å². The molecule has 1 heterocycles. The summed E-state index contributed by atoms with van der Waals surface area (Å²) in [6.45, 7) is 1.82. The van der Waals surface area contributed by atoms with E-state index in [2.05, 4.69) is 26.2 Å². The van der Waals surface area contributed by atoms with Gasteiger partial charge in [-0.25, -0.2) is 4.39 Å². The second-order valence-electron chi connectivity index (χ2n) is 3.74. The zero-order valence-corrected chi connectivity index (χ0v) is 11.2. The highest BCUT2D eigenvalue weighted by molar-refractivity contribution is 9.10. The van der Waals surface area contributed by atoms with Crippen molar-refractivity contribution >= 4 is 27.5 Å². The second-order valence-corrected chi connectivity index (χ2v) is 4.60. The minimum absolute atomic E-state index is 0.00582. The number of nitrogens with one attached hydrogen (secondary N) is 1. The summed E-state index contributed by atoms with van der Waals surface area (Å²) in [5, 5.41) is 2.66. The molecule has 0 atom stereocenters. The molecule has 0 radical (unpaired) electrons. The van der Waals surface area contributed by atoms with Crippen LogP contribution in [0.15, 0.2) is 41.1 Å². The molecule has 0 aliphatic rings. The Morgan fingerprint density at radius 2 is 2.17 bits per heavy atom. The van der Waals surface area contributed by atoms with Crippen LogP contribution in [0.4, 0.5) is 10.1 Å². The van der Waals surface area contributed by atoms with Gasteiger partial charge in [-0.15, -0.1) is 0 Å². The number of hydrogen-bond donors (Lipinski definition) is 1. The number of rotatable bonds is 2. The molecular formula is C13H10BrFN2O. The van der Waals surface area contributed by atoms with Crippen LogP contribution in [0, 0.1) is 12.7 Å². The van der Waals surface area contributed by atoms with E-state index in [4.69, 9.17) is 0 Å². The number of hydrogen-bond acceptors (Lipinski definition) is 2. The molecule has 2 rings (SSSR count). The predicted molar refractivity (Wildman–Crippen MR) is 71.0 cm³/mol. The first-order valence-electron chi connectivity index (χ1n) is 5.25. The number of pyridine rings is 1. The van der Waals surface area contributed by atoms with Crippen molar-refractivity contribution < 1.29 is 9.18 Å². The normalized spacial score (nSPS) is 10.2.